The molecule has 6 nitrogen and oxygen atoms in total. The number of thiazole rings is 1. The van der Waals surface area contributed by atoms with Crippen molar-refractivity contribution >= 4 is 28.3 Å². The number of likely N-dealkylation sites (tertiary alicyclic amines) is 1. The first-order chi connectivity index (χ1) is 12.5. The summed E-state index contributed by atoms with van der Waals surface area (Å²) in [6, 6.07) is 5.92. The van der Waals surface area contributed by atoms with Crippen LogP contribution in [0, 0.1) is 5.82 Å². The lowest BCUT2D eigenvalue weighted by atomic mass is 10.0. The molecular formula is C18H21FN4O2S. The maximum absolute atomic E-state index is 13.7. The molecule has 1 aliphatic heterocycles. The maximum Gasteiger partial charge on any atom is 0.273 e. The van der Waals surface area contributed by atoms with Crippen LogP contribution in [0.2, 0.25) is 0 Å². The van der Waals surface area contributed by atoms with Crippen LogP contribution < -0.4 is 5.32 Å². The summed E-state index contributed by atoms with van der Waals surface area (Å²) in [5, 5.41) is 4.44. The average molecular weight is 376 g/mol. The minimum absolute atomic E-state index is 0.0565. The lowest BCUT2D eigenvalue weighted by Crippen LogP contribution is -2.44. The Labute approximate surface area is 155 Å². The van der Waals surface area contributed by atoms with E-state index in [1.807, 2.05) is 0 Å². The predicted molar refractivity (Wildman–Crippen MR) is 99.1 cm³/mol. The Bertz CT molecular complexity index is 802. The van der Waals surface area contributed by atoms with Crippen molar-refractivity contribution < 1.29 is 14.0 Å². The Morgan fingerprint density at radius 1 is 1.31 bits per heavy atom. The molecule has 26 heavy (non-hydrogen) atoms. The summed E-state index contributed by atoms with van der Waals surface area (Å²) in [5.41, 5.74) is 0.235. The average Bonchev–Trinajstić information content (AvgIpc) is 3.10. The van der Waals surface area contributed by atoms with E-state index < -0.39 is 11.7 Å². The summed E-state index contributed by atoms with van der Waals surface area (Å²) in [6.07, 6.45) is 1.86. The molecule has 0 bridgehead atoms. The molecule has 1 fully saturated rings. The molecule has 0 unspecified atom stereocenters. The highest BCUT2D eigenvalue weighted by molar-refractivity contribution is 7.14. The van der Waals surface area contributed by atoms with Gasteiger partial charge in [0.15, 0.2) is 5.13 Å². The second kappa shape index (κ2) is 7.92. The number of carbonyl (C=O) groups excluding carboxylic acids is 2. The molecule has 1 N–H and O–H groups in total. The van der Waals surface area contributed by atoms with Crippen LogP contribution in [0.5, 0.6) is 0 Å². The van der Waals surface area contributed by atoms with E-state index in [1.54, 1.807) is 23.4 Å². The summed E-state index contributed by atoms with van der Waals surface area (Å²) >= 11 is 1.15. The van der Waals surface area contributed by atoms with E-state index >= 15 is 0 Å². The zero-order chi connectivity index (χ0) is 18.7. The summed E-state index contributed by atoms with van der Waals surface area (Å²) in [5.74, 6) is -1.35. The zero-order valence-electron chi connectivity index (χ0n) is 14.7. The Hall–Kier alpha value is -2.32. The summed E-state index contributed by atoms with van der Waals surface area (Å²) in [4.78, 5) is 32.9. The van der Waals surface area contributed by atoms with Crippen LogP contribution in [0.1, 0.15) is 33.7 Å². The number of carbonyl (C=O) groups is 2. The van der Waals surface area contributed by atoms with E-state index in [0.717, 1.165) is 37.3 Å². The van der Waals surface area contributed by atoms with Gasteiger partial charge in [-0.3, -0.25) is 14.9 Å². The van der Waals surface area contributed by atoms with E-state index in [9.17, 15) is 14.0 Å². The third-order valence-electron chi connectivity index (χ3n) is 4.62. The van der Waals surface area contributed by atoms with Gasteiger partial charge in [0.05, 0.1) is 5.56 Å². The van der Waals surface area contributed by atoms with E-state index in [-0.39, 0.29) is 22.6 Å². The molecule has 2 heterocycles. The Kier molecular flexibility index (Phi) is 5.63. The number of piperidine rings is 1. The lowest BCUT2D eigenvalue weighted by molar-refractivity contribution is 0.0654. The second-order valence-corrected chi connectivity index (χ2v) is 7.28. The van der Waals surface area contributed by atoms with Crippen molar-refractivity contribution in [3.63, 3.8) is 0 Å². The first-order valence-electron chi connectivity index (χ1n) is 8.43. The van der Waals surface area contributed by atoms with Crippen molar-refractivity contribution in [1.29, 1.82) is 0 Å². The van der Waals surface area contributed by atoms with Crippen LogP contribution in [-0.2, 0) is 0 Å². The lowest BCUT2D eigenvalue weighted by Gasteiger charge is -2.34. The highest BCUT2D eigenvalue weighted by atomic mass is 32.1. The number of hydrogen-bond acceptors (Lipinski definition) is 5. The van der Waals surface area contributed by atoms with Crippen molar-refractivity contribution in [2.45, 2.75) is 18.9 Å². The van der Waals surface area contributed by atoms with Gasteiger partial charge in [-0.15, -0.1) is 11.3 Å². The molecule has 1 saturated heterocycles. The normalized spacial score (nSPS) is 15.7. The summed E-state index contributed by atoms with van der Waals surface area (Å²) in [7, 11) is 3.86. The second-order valence-electron chi connectivity index (χ2n) is 6.42. The van der Waals surface area contributed by atoms with Crippen molar-refractivity contribution in [3.8, 4) is 0 Å². The standard InChI is InChI=1S/C18H21FN4O2S/c1-22-9-7-12(8-10-22)23(2)17(25)15-11-26-18(20-15)21-16(24)13-5-3-4-6-14(13)19/h3-6,11-12H,7-10H2,1-2H3,(H,20,21,24). The molecule has 2 amide bonds. The minimum Gasteiger partial charge on any atom is -0.337 e. The molecule has 2 aromatic rings. The molecule has 0 saturated carbocycles. The Balaban J connectivity index is 1.64. The number of halogens is 1. The van der Waals surface area contributed by atoms with E-state index in [1.165, 1.54) is 18.2 Å². The van der Waals surface area contributed by atoms with Gasteiger partial charge in [0.2, 0.25) is 0 Å². The van der Waals surface area contributed by atoms with Gasteiger partial charge in [-0.1, -0.05) is 12.1 Å². The van der Waals surface area contributed by atoms with E-state index in [4.69, 9.17) is 0 Å². The number of amides is 2. The predicted octanol–water partition coefficient (Wildman–Crippen LogP) is 2.70. The van der Waals surface area contributed by atoms with Gasteiger partial charge < -0.3 is 9.80 Å². The topological polar surface area (TPSA) is 65.5 Å². The number of nitrogens with one attached hydrogen (secondary N) is 1. The zero-order valence-corrected chi connectivity index (χ0v) is 15.6. The fourth-order valence-electron chi connectivity index (χ4n) is 2.97. The molecule has 1 aromatic heterocycles. The number of hydrogen-bond donors (Lipinski definition) is 1. The van der Waals surface area contributed by atoms with Crippen LogP contribution in [0.25, 0.3) is 0 Å². The highest BCUT2D eigenvalue weighted by Crippen LogP contribution is 2.21. The molecule has 0 radical (unpaired) electrons. The summed E-state index contributed by atoms with van der Waals surface area (Å²) in [6.45, 7) is 1.92. The molecule has 0 aliphatic carbocycles. The van der Waals surface area contributed by atoms with Crippen molar-refractivity contribution in [2.24, 2.45) is 0 Å². The van der Waals surface area contributed by atoms with Gasteiger partial charge in [-0.25, -0.2) is 9.37 Å². The third-order valence-corrected chi connectivity index (χ3v) is 5.38. The molecule has 0 spiro atoms. The van der Waals surface area contributed by atoms with E-state index in [2.05, 4.69) is 22.2 Å². The molecule has 1 aromatic carbocycles. The third kappa shape index (κ3) is 4.08. The monoisotopic (exact) mass is 376 g/mol. The molecule has 3 rings (SSSR count). The summed E-state index contributed by atoms with van der Waals surface area (Å²) < 4.78 is 13.7. The molecule has 138 valence electrons. The van der Waals surface area contributed by atoms with Gasteiger partial charge in [0.1, 0.15) is 11.5 Å². The highest BCUT2D eigenvalue weighted by Gasteiger charge is 2.26. The number of nitrogens with zero attached hydrogens (tertiary/aromatic N) is 3. The van der Waals surface area contributed by atoms with Crippen LogP contribution in [0.15, 0.2) is 29.6 Å². The minimum atomic E-state index is -0.597. The van der Waals surface area contributed by atoms with E-state index in [0.29, 0.717) is 5.69 Å². The first kappa shape index (κ1) is 18.5. The quantitative estimate of drug-likeness (QED) is 0.891. The van der Waals surface area contributed by atoms with Crippen LogP contribution in [-0.4, -0.2) is 59.8 Å². The fourth-order valence-corrected chi connectivity index (χ4v) is 3.65. The van der Waals surface area contributed by atoms with Crippen LogP contribution in [0.4, 0.5) is 9.52 Å². The largest absolute Gasteiger partial charge is 0.337 e. The number of benzene rings is 1. The Morgan fingerprint density at radius 2 is 2.00 bits per heavy atom. The molecule has 0 atom stereocenters. The van der Waals surface area contributed by atoms with Crippen LogP contribution in [0.3, 0.4) is 0 Å². The van der Waals surface area contributed by atoms with Gasteiger partial charge in [0.25, 0.3) is 11.8 Å². The number of rotatable bonds is 4. The number of aromatic nitrogens is 1. The van der Waals surface area contributed by atoms with Gasteiger partial charge >= 0.3 is 0 Å². The molecule has 1 aliphatic rings. The maximum atomic E-state index is 13.7. The Morgan fingerprint density at radius 3 is 2.69 bits per heavy atom. The fraction of sp³-hybridized carbons (Fsp3) is 0.389. The first-order valence-corrected chi connectivity index (χ1v) is 9.31. The van der Waals surface area contributed by atoms with Gasteiger partial charge in [-0.05, 0) is 45.1 Å². The smallest absolute Gasteiger partial charge is 0.273 e. The van der Waals surface area contributed by atoms with Crippen LogP contribution >= 0.6 is 11.3 Å². The molecular weight excluding hydrogens is 355 g/mol. The SMILES string of the molecule is CN1CCC(N(C)C(=O)c2csc(NC(=O)c3ccccc3F)n2)CC1. The van der Waals surface area contributed by atoms with Gasteiger partial charge in [0, 0.05) is 18.5 Å². The van der Waals surface area contributed by atoms with Crippen molar-refractivity contribution in [2.75, 3.05) is 32.5 Å². The van der Waals surface area contributed by atoms with Crippen molar-refractivity contribution in [1.82, 2.24) is 14.8 Å². The number of anilines is 1. The molecule has 8 heteroatoms. The van der Waals surface area contributed by atoms with Gasteiger partial charge in [-0.2, -0.15) is 0 Å². The van der Waals surface area contributed by atoms with Crippen molar-refractivity contribution in [3.05, 3.63) is 46.7 Å².